The lowest BCUT2D eigenvalue weighted by Gasteiger charge is -2.47. The molecule has 0 amide bonds. The minimum atomic E-state index is -1.23. The summed E-state index contributed by atoms with van der Waals surface area (Å²) in [6, 6.07) is 47.8. The van der Waals surface area contributed by atoms with E-state index >= 15 is 0 Å². The molecule has 0 radical (unpaired) electrons. The molecule has 5 aromatic carbocycles. The normalized spacial score (nSPS) is 24.8. The van der Waals surface area contributed by atoms with Crippen LogP contribution in [0.2, 0.25) is 0 Å². The van der Waals surface area contributed by atoms with Crippen LogP contribution in [-0.2, 0) is 78.6 Å². The third-order valence-electron chi connectivity index (χ3n) is 10.6. The minimum Gasteiger partial charge on any atom is -0.457 e. The minimum absolute atomic E-state index is 0.00833. The predicted molar refractivity (Wildman–Crippen MR) is 227 cm³/mol. The Hall–Kier alpha value is -5.28. The molecule has 62 heavy (non-hydrogen) atoms. The lowest BCUT2D eigenvalue weighted by molar-refractivity contribution is -0.345. The van der Waals surface area contributed by atoms with Gasteiger partial charge in [0.1, 0.15) is 24.4 Å². The van der Waals surface area contributed by atoms with Crippen molar-refractivity contribution in [1.29, 1.82) is 0 Å². The van der Waals surface area contributed by atoms with Crippen LogP contribution < -0.4 is 0 Å². The summed E-state index contributed by atoms with van der Waals surface area (Å²) in [5.74, 6) is -1.25. The van der Waals surface area contributed by atoms with E-state index in [9.17, 15) is 9.59 Å². The van der Waals surface area contributed by atoms with Gasteiger partial charge >= 0.3 is 11.9 Å². The Morgan fingerprint density at radius 3 is 1.50 bits per heavy atom. The van der Waals surface area contributed by atoms with Crippen LogP contribution in [0.25, 0.3) is 0 Å². The van der Waals surface area contributed by atoms with Gasteiger partial charge in [-0.15, -0.1) is 0 Å². The first-order valence-electron chi connectivity index (χ1n) is 20.9. The van der Waals surface area contributed by atoms with E-state index in [-0.39, 0.29) is 32.8 Å². The first-order valence-corrected chi connectivity index (χ1v) is 20.9. The standard InChI is InChI=1S/C50H54O12/c1-35(51)58-46-43(34-55-30-37-20-10-4-11-21-37)60-50(53-2)48(62-49(52)40-26-16-7-17-27-40)47(46)61-44-28-41(56-31-38-22-12-5-13-23-38)45(57-32-39-24-14-6-15-25-39)42(59-44)33-54-29-36-18-8-3-9-19-36/h3-27,41-48,50H,28-34H2,1-2H3/t41-,42-,43-,44-,45+,46-,47+,48-,50+/m1/s1. The van der Waals surface area contributed by atoms with Gasteiger partial charge in [0.05, 0.1) is 51.3 Å². The molecule has 2 saturated heterocycles. The molecular weight excluding hydrogens is 793 g/mol. The van der Waals surface area contributed by atoms with Crippen LogP contribution in [0.4, 0.5) is 0 Å². The number of hydrogen-bond donors (Lipinski definition) is 0. The van der Waals surface area contributed by atoms with Crippen molar-refractivity contribution in [2.24, 2.45) is 0 Å². The van der Waals surface area contributed by atoms with Gasteiger partial charge in [0.2, 0.25) is 0 Å². The summed E-state index contributed by atoms with van der Waals surface area (Å²) in [5, 5.41) is 0. The van der Waals surface area contributed by atoms with Crippen molar-refractivity contribution < 1.29 is 57.0 Å². The van der Waals surface area contributed by atoms with Crippen LogP contribution in [-0.4, -0.2) is 87.6 Å². The molecule has 0 aromatic heterocycles. The average molecular weight is 847 g/mol. The van der Waals surface area contributed by atoms with Gasteiger partial charge in [-0.2, -0.15) is 0 Å². The van der Waals surface area contributed by atoms with Crippen LogP contribution in [0.1, 0.15) is 46.0 Å². The van der Waals surface area contributed by atoms with Gasteiger partial charge < -0.3 is 47.4 Å². The van der Waals surface area contributed by atoms with Gasteiger partial charge in [-0.3, -0.25) is 4.79 Å². The van der Waals surface area contributed by atoms with Crippen molar-refractivity contribution in [2.45, 2.75) is 95.1 Å². The number of carbonyl (C=O) groups is 2. The molecule has 0 spiro atoms. The SMILES string of the molecule is CO[C@H]1O[C@H](COCc2ccccc2)[C@@H](OC(C)=O)[C@H](O[C@@H]2C[C@@H](OCc3ccccc3)[C@H](OCc3ccccc3)[C@@H](COCc3ccccc3)O2)[C@H]1OC(=O)c1ccccc1. The molecule has 0 N–H and O–H groups in total. The fraction of sp³-hybridized carbons (Fsp3) is 0.360. The molecule has 12 heteroatoms. The van der Waals surface area contributed by atoms with E-state index in [4.69, 9.17) is 47.4 Å². The van der Waals surface area contributed by atoms with Crippen LogP contribution in [0.15, 0.2) is 152 Å². The van der Waals surface area contributed by atoms with E-state index in [2.05, 4.69) is 0 Å². The van der Waals surface area contributed by atoms with Gasteiger partial charge in [0.25, 0.3) is 0 Å². The number of esters is 2. The Morgan fingerprint density at radius 1 is 0.532 bits per heavy atom. The molecule has 2 aliphatic heterocycles. The summed E-state index contributed by atoms with van der Waals surface area (Å²) in [6.07, 6.45) is -8.22. The zero-order chi connectivity index (χ0) is 42.9. The van der Waals surface area contributed by atoms with Crippen LogP contribution in [0, 0.1) is 0 Å². The fourth-order valence-corrected chi connectivity index (χ4v) is 7.53. The number of ether oxygens (including phenoxy) is 10. The molecule has 9 atom stereocenters. The van der Waals surface area contributed by atoms with Gasteiger partial charge in [-0.05, 0) is 34.4 Å². The van der Waals surface area contributed by atoms with Gasteiger partial charge in [0.15, 0.2) is 24.8 Å². The third-order valence-corrected chi connectivity index (χ3v) is 10.6. The molecular formula is C50H54O12. The molecule has 12 nitrogen and oxygen atoms in total. The second-order valence-electron chi connectivity index (χ2n) is 15.1. The summed E-state index contributed by atoms with van der Waals surface area (Å²) < 4.78 is 63.9. The lowest BCUT2D eigenvalue weighted by Crippen LogP contribution is -2.64. The van der Waals surface area contributed by atoms with Gasteiger partial charge in [0, 0.05) is 20.5 Å². The molecule has 0 aliphatic carbocycles. The largest absolute Gasteiger partial charge is 0.457 e. The lowest BCUT2D eigenvalue weighted by atomic mass is 9.97. The average Bonchev–Trinajstić information content (AvgIpc) is 3.31. The molecule has 0 bridgehead atoms. The van der Waals surface area contributed by atoms with Crippen molar-refractivity contribution in [3.05, 3.63) is 179 Å². The summed E-state index contributed by atoms with van der Waals surface area (Å²) in [7, 11) is 1.44. The van der Waals surface area contributed by atoms with E-state index in [1.165, 1.54) is 14.0 Å². The quantitative estimate of drug-likeness (QED) is 0.0716. The molecule has 0 unspecified atom stereocenters. The summed E-state index contributed by atoms with van der Waals surface area (Å²) in [4.78, 5) is 26.6. The Kier molecular flexibility index (Phi) is 16.8. The molecule has 2 fully saturated rings. The van der Waals surface area contributed by atoms with Gasteiger partial charge in [-0.25, -0.2) is 4.79 Å². The highest BCUT2D eigenvalue weighted by molar-refractivity contribution is 5.89. The first kappa shape index (κ1) is 44.8. The number of rotatable bonds is 20. The molecule has 2 aliphatic rings. The molecule has 326 valence electrons. The van der Waals surface area contributed by atoms with Crippen molar-refractivity contribution >= 4 is 11.9 Å². The second-order valence-corrected chi connectivity index (χ2v) is 15.1. The maximum Gasteiger partial charge on any atom is 0.338 e. The summed E-state index contributed by atoms with van der Waals surface area (Å²) in [6.45, 7) is 2.61. The van der Waals surface area contributed by atoms with E-state index in [0.29, 0.717) is 18.8 Å². The summed E-state index contributed by atoms with van der Waals surface area (Å²) in [5.41, 5.74) is 4.20. The van der Waals surface area contributed by atoms with Crippen LogP contribution >= 0.6 is 0 Å². The topological polar surface area (TPSA) is 126 Å². The van der Waals surface area contributed by atoms with Crippen molar-refractivity contribution in [3.8, 4) is 0 Å². The van der Waals surface area contributed by atoms with Crippen molar-refractivity contribution in [3.63, 3.8) is 0 Å². The Bertz CT molecular complexity index is 2060. The second kappa shape index (κ2) is 23.2. The molecule has 2 heterocycles. The maximum atomic E-state index is 13.7. The van der Waals surface area contributed by atoms with E-state index < -0.39 is 67.2 Å². The molecule has 0 saturated carbocycles. The Balaban J connectivity index is 1.20. The number of carbonyl (C=O) groups excluding carboxylic acids is 2. The fourth-order valence-electron chi connectivity index (χ4n) is 7.53. The number of methoxy groups -OCH3 is 1. The van der Waals surface area contributed by atoms with Crippen LogP contribution in [0.3, 0.4) is 0 Å². The first-order chi connectivity index (χ1) is 30.4. The third kappa shape index (κ3) is 12.9. The molecule has 5 aromatic rings. The van der Waals surface area contributed by atoms with Crippen molar-refractivity contribution in [1.82, 2.24) is 0 Å². The number of benzene rings is 5. The monoisotopic (exact) mass is 846 g/mol. The highest BCUT2D eigenvalue weighted by atomic mass is 16.8. The highest BCUT2D eigenvalue weighted by Crippen LogP contribution is 2.35. The van der Waals surface area contributed by atoms with Crippen molar-refractivity contribution in [2.75, 3.05) is 20.3 Å². The van der Waals surface area contributed by atoms with E-state index in [1.54, 1.807) is 30.3 Å². The zero-order valence-corrected chi connectivity index (χ0v) is 35.0. The Labute approximate surface area is 362 Å². The zero-order valence-electron chi connectivity index (χ0n) is 35.0. The van der Waals surface area contributed by atoms with Gasteiger partial charge in [-0.1, -0.05) is 140 Å². The van der Waals surface area contributed by atoms with E-state index in [1.807, 2.05) is 121 Å². The predicted octanol–water partition coefficient (Wildman–Crippen LogP) is 7.62. The maximum absolute atomic E-state index is 13.7. The van der Waals surface area contributed by atoms with E-state index in [0.717, 1.165) is 22.3 Å². The van der Waals surface area contributed by atoms with Crippen LogP contribution in [0.5, 0.6) is 0 Å². The smallest absolute Gasteiger partial charge is 0.338 e. The highest BCUT2D eigenvalue weighted by Gasteiger charge is 2.53. The summed E-state index contributed by atoms with van der Waals surface area (Å²) >= 11 is 0. The number of hydrogen-bond acceptors (Lipinski definition) is 12. The Morgan fingerprint density at radius 2 is 1.00 bits per heavy atom. The molecule has 7 rings (SSSR count).